The van der Waals surface area contributed by atoms with Crippen LogP contribution in [0.3, 0.4) is 0 Å². The molecular weight excluding hydrogens is 232 g/mol. The largest absolute Gasteiger partial charge is 0.374 e. The van der Waals surface area contributed by atoms with Crippen molar-refractivity contribution in [1.82, 2.24) is 0 Å². The molecule has 1 aromatic carbocycles. The highest BCUT2D eigenvalue weighted by Gasteiger charge is 2.26. The fraction of sp³-hybridized carbons (Fsp3) is 0.667. The van der Waals surface area contributed by atoms with Crippen molar-refractivity contribution in [3.63, 3.8) is 0 Å². The zero-order valence-corrected chi connectivity index (χ0v) is 12.7. The first-order valence-electron chi connectivity index (χ1n) is 7.68. The van der Waals surface area contributed by atoms with Crippen LogP contribution in [0, 0.1) is 11.3 Å². The predicted octanol–water partition coefficient (Wildman–Crippen LogP) is 5.20. The van der Waals surface area contributed by atoms with Crippen molar-refractivity contribution in [3.05, 3.63) is 35.9 Å². The van der Waals surface area contributed by atoms with Crippen LogP contribution >= 0.6 is 0 Å². The van der Waals surface area contributed by atoms with Gasteiger partial charge in [0.2, 0.25) is 0 Å². The summed E-state index contributed by atoms with van der Waals surface area (Å²) in [6, 6.07) is 10.5. The Balaban J connectivity index is 1.78. The van der Waals surface area contributed by atoms with E-state index in [1.54, 1.807) is 0 Å². The van der Waals surface area contributed by atoms with Crippen LogP contribution in [0.4, 0.5) is 0 Å². The van der Waals surface area contributed by atoms with E-state index in [-0.39, 0.29) is 0 Å². The zero-order valence-electron chi connectivity index (χ0n) is 12.7. The maximum Gasteiger partial charge on any atom is 0.0720 e. The highest BCUT2D eigenvalue weighted by Crippen LogP contribution is 2.35. The molecule has 0 aromatic heterocycles. The lowest BCUT2D eigenvalue weighted by Crippen LogP contribution is -2.25. The van der Waals surface area contributed by atoms with Crippen molar-refractivity contribution in [2.45, 2.75) is 65.6 Å². The molecule has 1 heteroatoms. The van der Waals surface area contributed by atoms with Crippen molar-refractivity contribution in [2.75, 3.05) is 0 Å². The van der Waals surface area contributed by atoms with Gasteiger partial charge in [-0.25, -0.2) is 0 Å². The molecule has 0 spiro atoms. The summed E-state index contributed by atoms with van der Waals surface area (Å²) >= 11 is 0. The Morgan fingerprint density at radius 2 is 1.84 bits per heavy atom. The molecule has 106 valence electrons. The molecular formula is C18H28O. The monoisotopic (exact) mass is 260 g/mol. The van der Waals surface area contributed by atoms with E-state index in [1.165, 1.54) is 37.7 Å². The van der Waals surface area contributed by atoms with Crippen molar-refractivity contribution in [3.8, 4) is 0 Å². The SMILES string of the molecule is CC(C)(C)C[C@H]1CCC[C@@H](OCc2ccccc2)C1. The fourth-order valence-corrected chi connectivity index (χ4v) is 3.23. The van der Waals surface area contributed by atoms with Gasteiger partial charge in [0.25, 0.3) is 0 Å². The van der Waals surface area contributed by atoms with E-state index in [0.717, 1.165) is 12.5 Å². The molecule has 0 radical (unpaired) electrons. The van der Waals surface area contributed by atoms with Gasteiger partial charge in [-0.15, -0.1) is 0 Å². The van der Waals surface area contributed by atoms with Crippen molar-refractivity contribution in [2.24, 2.45) is 11.3 Å². The second-order valence-electron chi connectivity index (χ2n) is 7.22. The van der Waals surface area contributed by atoms with Gasteiger partial charge in [0.05, 0.1) is 12.7 Å². The lowest BCUT2D eigenvalue weighted by molar-refractivity contribution is -0.00319. The molecule has 0 N–H and O–H groups in total. The van der Waals surface area contributed by atoms with E-state index in [9.17, 15) is 0 Å². The van der Waals surface area contributed by atoms with Gasteiger partial charge >= 0.3 is 0 Å². The summed E-state index contributed by atoms with van der Waals surface area (Å²) in [4.78, 5) is 0. The molecule has 0 saturated heterocycles. The molecule has 2 rings (SSSR count). The third kappa shape index (κ3) is 5.36. The molecule has 0 aliphatic heterocycles. The van der Waals surface area contributed by atoms with Gasteiger partial charge in [-0.05, 0) is 36.2 Å². The average molecular weight is 260 g/mol. The maximum atomic E-state index is 6.11. The molecule has 2 atom stereocenters. The van der Waals surface area contributed by atoms with Gasteiger partial charge in [-0.2, -0.15) is 0 Å². The Hall–Kier alpha value is -0.820. The maximum absolute atomic E-state index is 6.11. The van der Waals surface area contributed by atoms with Gasteiger partial charge in [0, 0.05) is 0 Å². The lowest BCUT2D eigenvalue weighted by Gasteiger charge is -2.33. The van der Waals surface area contributed by atoms with Crippen LogP contribution in [0.15, 0.2) is 30.3 Å². The number of rotatable bonds is 4. The lowest BCUT2D eigenvalue weighted by atomic mass is 9.77. The molecule has 1 aliphatic carbocycles. The van der Waals surface area contributed by atoms with Gasteiger partial charge in [-0.3, -0.25) is 0 Å². The van der Waals surface area contributed by atoms with Gasteiger partial charge in [0.15, 0.2) is 0 Å². The molecule has 0 heterocycles. The number of hydrogen-bond donors (Lipinski definition) is 0. The minimum Gasteiger partial charge on any atom is -0.374 e. The zero-order chi connectivity index (χ0) is 13.7. The topological polar surface area (TPSA) is 9.23 Å². The van der Waals surface area contributed by atoms with Crippen LogP contribution in [0.1, 0.15) is 58.4 Å². The summed E-state index contributed by atoms with van der Waals surface area (Å²) in [5.41, 5.74) is 1.74. The first-order valence-corrected chi connectivity index (χ1v) is 7.68. The van der Waals surface area contributed by atoms with Crippen molar-refractivity contribution in [1.29, 1.82) is 0 Å². The Morgan fingerprint density at radius 3 is 2.53 bits per heavy atom. The average Bonchev–Trinajstić information content (AvgIpc) is 2.36. The first kappa shape index (κ1) is 14.6. The van der Waals surface area contributed by atoms with Gasteiger partial charge in [0.1, 0.15) is 0 Å². The van der Waals surface area contributed by atoms with E-state index < -0.39 is 0 Å². The summed E-state index contributed by atoms with van der Waals surface area (Å²) in [5, 5.41) is 0. The van der Waals surface area contributed by atoms with Crippen LogP contribution in [0.5, 0.6) is 0 Å². The number of hydrogen-bond acceptors (Lipinski definition) is 1. The van der Waals surface area contributed by atoms with E-state index in [1.807, 2.05) is 0 Å². The van der Waals surface area contributed by atoms with Crippen molar-refractivity contribution < 1.29 is 4.74 Å². The quantitative estimate of drug-likeness (QED) is 0.723. The van der Waals surface area contributed by atoms with E-state index in [0.29, 0.717) is 11.5 Å². The Labute approximate surface area is 118 Å². The van der Waals surface area contributed by atoms with Crippen LogP contribution in [0.25, 0.3) is 0 Å². The third-order valence-corrected chi connectivity index (χ3v) is 3.96. The van der Waals surface area contributed by atoms with Gasteiger partial charge in [-0.1, -0.05) is 63.9 Å². The molecule has 1 aliphatic rings. The van der Waals surface area contributed by atoms with E-state index in [4.69, 9.17) is 4.74 Å². The van der Waals surface area contributed by atoms with Gasteiger partial charge < -0.3 is 4.74 Å². The predicted molar refractivity (Wildman–Crippen MR) is 81.0 cm³/mol. The van der Waals surface area contributed by atoms with Crippen LogP contribution in [-0.2, 0) is 11.3 Å². The first-order chi connectivity index (χ1) is 9.03. The van der Waals surface area contributed by atoms with E-state index in [2.05, 4.69) is 51.1 Å². The number of benzene rings is 1. The Kier molecular flexibility index (Phi) is 5.04. The fourth-order valence-electron chi connectivity index (χ4n) is 3.23. The highest BCUT2D eigenvalue weighted by atomic mass is 16.5. The second kappa shape index (κ2) is 6.56. The summed E-state index contributed by atoms with van der Waals surface area (Å²) in [5.74, 6) is 0.856. The highest BCUT2D eigenvalue weighted by molar-refractivity contribution is 5.13. The Bertz CT molecular complexity index is 363. The Morgan fingerprint density at radius 1 is 1.11 bits per heavy atom. The smallest absolute Gasteiger partial charge is 0.0720 e. The molecule has 0 bridgehead atoms. The molecule has 1 aromatic rings. The van der Waals surface area contributed by atoms with Crippen LogP contribution in [-0.4, -0.2) is 6.10 Å². The minimum atomic E-state index is 0.450. The molecule has 0 unspecified atom stereocenters. The summed E-state index contributed by atoms with van der Waals surface area (Å²) in [6.45, 7) is 7.82. The summed E-state index contributed by atoms with van der Waals surface area (Å²) < 4.78 is 6.11. The molecule has 1 fully saturated rings. The molecule has 0 amide bonds. The number of ether oxygens (including phenoxy) is 1. The van der Waals surface area contributed by atoms with Crippen LogP contribution in [0.2, 0.25) is 0 Å². The standard InChI is InChI=1S/C18H28O/c1-18(2,3)13-16-10-7-11-17(12-16)19-14-15-8-5-4-6-9-15/h4-6,8-9,16-17H,7,10-14H2,1-3H3/t16-,17+/m0/s1. The third-order valence-electron chi connectivity index (χ3n) is 3.96. The molecule has 1 nitrogen and oxygen atoms in total. The van der Waals surface area contributed by atoms with Crippen molar-refractivity contribution >= 4 is 0 Å². The minimum absolute atomic E-state index is 0.450. The normalized spacial score (nSPS) is 24.4. The van der Waals surface area contributed by atoms with E-state index >= 15 is 0 Å². The molecule has 1 saturated carbocycles. The summed E-state index contributed by atoms with van der Waals surface area (Å²) in [7, 11) is 0. The van der Waals surface area contributed by atoms with Crippen LogP contribution < -0.4 is 0 Å². The molecule has 19 heavy (non-hydrogen) atoms. The second-order valence-corrected chi connectivity index (χ2v) is 7.22. The summed E-state index contributed by atoms with van der Waals surface area (Å²) in [6.07, 6.45) is 7.03.